The Balaban J connectivity index is 1.43. The summed E-state index contributed by atoms with van der Waals surface area (Å²) in [5, 5.41) is 63.0. The number of pyridine rings is 1. The lowest BCUT2D eigenvalue weighted by Gasteiger charge is -2.45. The van der Waals surface area contributed by atoms with Crippen LogP contribution in [0, 0.1) is 0 Å². The van der Waals surface area contributed by atoms with E-state index in [1.807, 2.05) is 0 Å². The van der Waals surface area contributed by atoms with Crippen LogP contribution in [0.2, 0.25) is 0 Å². The molecule has 2 aromatic heterocycles. The number of rotatable bonds is 7. The topological polar surface area (TPSA) is 203 Å². The van der Waals surface area contributed by atoms with Gasteiger partial charge in [-0.15, -0.1) is 0 Å². The Hall–Kier alpha value is -2.79. The van der Waals surface area contributed by atoms with Crippen LogP contribution in [0.1, 0.15) is 6.92 Å². The maximum atomic E-state index is 11.1. The molecule has 10 atom stereocenters. The Kier molecular flexibility index (Phi) is 7.83. The Morgan fingerprint density at radius 3 is 2.26 bits per heavy atom. The number of furan rings is 1. The second kappa shape index (κ2) is 11.0. The average Bonchev–Trinajstić information content (AvgIpc) is 3.40. The molecule has 214 valence electrons. The van der Waals surface area contributed by atoms with Gasteiger partial charge in [0, 0.05) is 5.39 Å². The van der Waals surface area contributed by atoms with Crippen molar-refractivity contribution in [2.45, 2.75) is 68.3 Å². The van der Waals surface area contributed by atoms with E-state index in [1.54, 1.807) is 18.2 Å². The van der Waals surface area contributed by atoms with Crippen molar-refractivity contribution in [3.05, 3.63) is 24.5 Å². The smallest absolute Gasteiger partial charge is 0.230 e. The van der Waals surface area contributed by atoms with Gasteiger partial charge in [0.05, 0.1) is 38.6 Å². The minimum absolute atomic E-state index is 0.143. The summed E-state index contributed by atoms with van der Waals surface area (Å²) in [6, 6.07) is 5.00. The van der Waals surface area contributed by atoms with Crippen molar-refractivity contribution in [1.29, 1.82) is 0 Å². The van der Waals surface area contributed by atoms with Crippen LogP contribution < -0.4 is 14.2 Å². The van der Waals surface area contributed by atoms with Gasteiger partial charge in [0.2, 0.25) is 12.0 Å². The van der Waals surface area contributed by atoms with Crippen molar-refractivity contribution in [3.8, 4) is 17.2 Å². The zero-order valence-electron chi connectivity index (χ0n) is 21.3. The fourth-order valence-electron chi connectivity index (χ4n) is 4.88. The minimum atomic E-state index is -1.74. The molecule has 0 spiro atoms. The monoisotopic (exact) mass is 553 g/mol. The molecule has 4 heterocycles. The van der Waals surface area contributed by atoms with E-state index in [9.17, 15) is 30.6 Å². The summed E-state index contributed by atoms with van der Waals surface area (Å²) in [4.78, 5) is 4.52. The fourth-order valence-corrected chi connectivity index (χ4v) is 4.88. The Morgan fingerprint density at radius 1 is 0.821 bits per heavy atom. The predicted molar refractivity (Wildman–Crippen MR) is 130 cm³/mol. The molecule has 3 aromatic rings. The lowest BCUT2D eigenvalue weighted by molar-refractivity contribution is -0.350. The number of hydrogen-bond donors (Lipinski definition) is 6. The average molecular weight is 554 g/mol. The standard InChI is InChI=1S/C25H31NO13/c1-9-15(28)22(39-24-18(31)17(30)16(29)13(8-27)38-24)19(32)25(36-9)37-12-5-4-10-14(21(12)34-3)26-23-11(6-7-35-23)20(10)33-2/h4-7,9,13,15-19,22,24-25,27-32H,8H2,1-3H3/t9-,13+,15-,16+,17-,18+,19+,22+,24-,25-/m0/s1. The minimum Gasteiger partial charge on any atom is -0.495 e. The maximum Gasteiger partial charge on any atom is 0.230 e. The molecule has 0 aliphatic carbocycles. The first-order valence-electron chi connectivity index (χ1n) is 12.3. The van der Waals surface area contributed by atoms with Crippen LogP contribution in [0.3, 0.4) is 0 Å². The lowest BCUT2D eigenvalue weighted by atomic mass is 9.97. The van der Waals surface area contributed by atoms with Crippen LogP contribution in [0.4, 0.5) is 0 Å². The molecule has 0 unspecified atom stereocenters. The summed E-state index contributed by atoms with van der Waals surface area (Å²) < 4.78 is 39.3. The van der Waals surface area contributed by atoms with Gasteiger partial charge in [-0.2, -0.15) is 0 Å². The van der Waals surface area contributed by atoms with Gasteiger partial charge in [0.25, 0.3) is 0 Å². The van der Waals surface area contributed by atoms with E-state index >= 15 is 0 Å². The van der Waals surface area contributed by atoms with Crippen LogP contribution in [-0.4, -0.2) is 118 Å². The van der Waals surface area contributed by atoms with E-state index in [0.29, 0.717) is 27.8 Å². The second-order valence-corrected chi connectivity index (χ2v) is 9.38. The number of hydrogen-bond acceptors (Lipinski definition) is 14. The number of fused-ring (bicyclic) bond motifs is 2. The molecule has 2 fully saturated rings. The highest BCUT2D eigenvalue weighted by Gasteiger charge is 2.50. The first-order chi connectivity index (χ1) is 18.7. The molecular formula is C25H31NO13. The molecule has 2 aliphatic rings. The molecule has 14 nitrogen and oxygen atoms in total. The summed E-state index contributed by atoms with van der Waals surface area (Å²) in [7, 11) is 2.93. The number of benzene rings is 1. The molecule has 5 rings (SSSR count). The third-order valence-corrected chi connectivity index (χ3v) is 7.02. The number of nitrogens with zero attached hydrogens (tertiary/aromatic N) is 1. The van der Waals surface area contributed by atoms with E-state index in [0.717, 1.165) is 0 Å². The molecular weight excluding hydrogens is 522 g/mol. The van der Waals surface area contributed by atoms with Gasteiger partial charge in [0.15, 0.2) is 17.8 Å². The van der Waals surface area contributed by atoms with Gasteiger partial charge in [-0.25, -0.2) is 4.98 Å². The largest absolute Gasteiger partial charge is 0.495 e. The Labute approximate surface area is 221 Å². The van der Waals surface area contributed by atoms with E-state index in [2.05, 4.69) is 4.98 Å². The van der Waals surface area contributed by atoms with Crippen molar-refractivity contribution >= 4 is 22.0 Å². The molecule has 6 N–H and O–H groups in total. The molecule has 1 aromatic carbocycles. The molecule has 0 bridgehead atoms. The normalized spacial score (nSPS) is 35.3. The first kappa shape index (κ1) is 27.8. The van der Waals surface area contributed by atoms with Crippen molar-refractivity contribution in [3.63, 3.8) is 0 Å². The third-order valence-electron chi connectivity index (χ3n) is 7.02. The van der Waals surface area contributed by atoms with Crippen molar-refractivity contribution in [1.82, 2.24) is 4.98 Å². The van der Waals surface area contributed by atoms with Crippen LogP contribution in [0.5, 0.6) is 17.2 Å². The van der Waals surface area contributed by atoms with Gasteiger partial charge >= 0.3 is 0 Å². The highest BCUT2D eigenvalue weighted by Crippen LogP contribution is 2.42. The van der Waals surface area contributed by atoms with E-state index in [4.69, 9.17) is 32.8 Å². The predicted octanol–water partition coefficient (Wildman–Crippen LogP) is -0.971. The van der Waals surface area contributed by atoms with E-state index in [-0.39, 0.29) is 11.5 Å². The zero-order valence-corrected chi connectivity index (χ0v) is 21.3. The van der Waals surface area contributed by atoms with Gasteiger partial charge in [0.1, 0.15) is 54.0 Å². The molecule has 2 aliphatic heterocycles. The fraction of sp³-hybridized carbons (Fsp3) is 0.560. The van der Waals surface area contributed by atoms with E-state index < -0.39 is 68.0 Å². The Bertz CT molecular complexity index is 1300. The highest BCUT2D eigenvalue weighted by atomic mass is 16.7. The number of aliphatic hydroxyl groups excluding tert-OH is 6. The van der Waals surface area contributed by atoms with Crippen molar-refractivity contribution in [2.75, 3.05) is 20.8 Å². The van der Waals surface area contributed by atoms with Crippen LogP contribution in [0.25, 0.3) is 22.0 Å². The summed E-state index contributed by atoms with van der Waals surface area (Å²) in [6.07, 6.45) is -13.1. The van der Waals surface area contributed by atoms with Crippen LogP contribution in [0.15, 0.2) is 28.9 Å². The van der Waals surface area contributed by atoms with Gasteiger partial charge < -0.3 is 63.5 Å². The number of methoxy groups -OCH3 is 2. The maximum absolute atomic E-state index is 11.1. The lowest BCUT2D eigenvalue weighted by Crippen LogP contribution is -2.64. The Morgan fingerprint density at radius 2 is 1.56 bits per heavy atom. The van der Waals surface area contributed by atoms with Crippen LogP contribution >= 0.6 is 0 Å². The number of aromatic nitrogens is 1. The van der Waals surface area contributed by atoms with E-state index in [1.165, 1.54) is 27.4 Å². The summed E-state index contributed by atoms with van der Waals surface area (Å²) >= 11 is 0. The summed E-state index contributed by atoms with van der Waals surface area (Å²) in [5.74, 6) is 0.863. The second-order valence-electron chi connectivity index (χ2n) is 9.38. The molecule has 0 radical (unpaired) electrons. The third kappa shape index (κ3) is 4.77. The molecule has 2 saturated heterocycles. The SMILES string of the molecule is COc1c2ccoc2nc2c(OC)c(O[C@@H]3O[C@@H](C)[C@H](O)[C@@H](O[C@@H]4O[C@H](CO)[C@@H](O)[C@H](O)[C@H]4O)[C@H]3O)ccc12. The molecule has 14 heteroatoms. The number of aliphatic hydroxyl groups is 6. The molecule has 39 heavy (non-hydrogen) atoms. The van der Waals surface area contributed by atoms with Gasteiger partial charge in [-0.05, 0) is 25.1 Å². The van der Waals surface area contributed by atoms with Crippen LogP contribution in [-0.2, 0) is 14.2 Å². The molecule has 0 amide bonds. The first-order valence-corrected chi connectivity index (χ1v) is 12.3. The van der Waals surface area contributed by atoms with Gasteiger partial charge in [-0.3, -0.25) is 0 Å². The van der Waals surface area contributed by atoms with Gasteiger partial charge in [-0.1, -0.05) is 0 Å². The van der Waals surface area contributed by atoms with Crippen molar-refractivity contribution < 1.29 is 63.5 Å². The summed E-state index contributed by atoms with van der Waals surface area (Å²) in [5.41, 5.74) is 0.676. The number of ether oxygens (including phenoxy) is 6. The van der Waals surface area contributed by atoms with Crippen molar-refractivity contribution in [2.24, 2.45) is 0 Å². The zero-order chi connectivity index (χ0) is 28.0. The highest BCUT2D eigenvalue weighted by molar-refractivity contribution is 6.02. The summed E-state index contributed by atoms with van der Waals surface area (Å²) in [6.45, 7) is 0.852. The molecule has 0 saturated carbocycles. The quantitative estimate of drug-likeness (QED) is 0.208.